The van der Waals surface area contributed by atoms with E-state index < -0.39 is 5.79 Å². The Bertz CT molecular complexity index is 861. The van der Waals surface area contributed by atoms with Gasteiger partial charge in [0.2, 0.25) is 0 Å². The number of carbonyl (C=O) groups excluding carboxylic acids is 1. The van der Waals surface area contributed by atoms with E-state index in [0.717, 1.165) is 5.56 Å². The summed E-state index contributed by atoms with van der Waals surface area (Å²) in [4.78, 5) is 14.8. The van der Waals surface area contributed by atoms with Gasteiger partial charge in [-0.05, 0) is 12.1 Å². The summed E-state index contributed by atoms with van der Waals surface area (Å²) in [6.45, 7) is 5.09. The minimum Gasteiger partial charge on any atom is -0.489 e. The molecule has 0 saturated carbocycles. The molecule has 26 heavy (non-hydrogen) atoms. The van der Waals surface area contributed by atoms with Crippen molar-refractivity contribution in [2.75, 3.05) is 24.7 Å². The number of carbonyl (C=O) groups is 1. The van der Waals surface area contributed by atoms with Crippen molar-refractivity contribution in [3.8, 4) is 5.75 Å². The van der Waals surface area contributed by atoms with Crippen LogP contribution in [0, 0.1) is 0 Å². The topological polar surface area (TPSA) is 48.0 Å². The van der Waals surface area contributed by atoms with Crippen LogP contribution in [-0.2, 0) is 26.6 Å². The number of benzene rings is 2. The predicted octanol–water partition coefficient (Wildman–Crippen LogP) is 3.65. The standard InChI is InChI=1S/C20H18ClNO4/c1-2-10-24-17-9-4-3-6-14(17)13-22-18-15(7-5-8-16(18)21)20(19(22)23)25-11-12-26-20/h2-9H,1,10-13H2. The molecule has 134 valence electrons. The Kier molecular flexibility index (Phi) is 4.44. The minimum absolute atomic E-state index is 0.267. The maximum Gasteiger partial charge on any atom is 0.292 e. The Balaban J connectivity index is 1.75. The van der Waals surface area contributed by atoms with E-state index in [0.29, 0.717) is 48.4 Å². The number of para-hydroxylation sites is 2. The summed E-state index contributed by atoms with van der Waals surface area (Å²) in [6, 6.07) is 13.0. The smallest absolute Gasteiger partial charge is 0.292 e. The molecule has 2 aromatic carbocycles. The van der Waals surface area contributed by atoms with E-state index in [2.05, 4.69) is 6.58 Å². The molecule has 0 N–H and O–H groups in total. The quantitative estimate of drug-likeness (QED) is 0.753. The molecular formula is C20H18ClNO4. The Labute approximate surface area is 156 Å². The molecule has 6 heteroatoms. The van der Waals surface area contributed by atoms with Crippen LogP contribution < -0.4 is 9.64 Å². The molecule has 2 heterocycles. The minimum atomic E-state index is -1.39. The highest BCUT2D eigenvalue weighted by Crippen LogP contribution is 2.49. The summed E-state index contributed by atoms with van der Waals surface area (Å²) in [5.74, 6) is -0.961. The first-order valence-electron chi connectivity index (χ1n) is 8.38. The molecule has 2 aliphatic heterocycles. The van der Waals surface area contributed by atoms with Crippen LogP contribution in [0.2, 0.25) is 5.02 Å². The van der Waals surface area contributed by atoms with Crippen LogP contribution in [0.4, 0.5) is 5.69 Å². The van der Waals surface area contributed by atoms with Crippen molar-refractivity contribution in [3.05, 3.63) is 71.3 Å². The van der Waals surface area contributed by atoms with Gasteiger partial charge in [0, 0.05) is 11.1 Å². The van der Waals surface area contributed by atoms with Crippen molar-refractivity contribution in [3.63, 3.8) is 0 Å². The number of fused-ring (bicyclic) bond motifs is 2. The number of anilines is 1. The molecule has 1 fully saturated rings. The van der Waals surface area contributed by atoms with E-state index in [1.54, 1.807) is 23.1 Å². The third-order valence-electron chi connectivity index (χ3n) is 4.49. The lowest BCUT2D eigenvalue weighted by Gasteiger charge is -2.23. The van der Waals surface area contributed by atoms with Gasteiger partial charge in [-0.15, -0.1) is 0 Å². The zero-order chi connectivity index (χ0) is 18.1. The highest BCUT2D eigenvalue weighted by atomic mass is 35.5. The van der Waals surface area contributed by atoms with Crippen LogP contribution >= 0.6 is 11.6 Å². The van der Waals surface area contributed by atoms with Crippen LogP contribution in [0.3, 0.4) is 0 Å². The Morgan fingerprint density at radius 1 is 1.19 bits per heavy atom. The zero-order valence-corrected chi connectivity index (χ0v) is 14.9. The van der Waals surface area contributed by atoms with E-state index in [4.69, 9.17) is 25.8 Å². The second-order valence-corrected chi connectivity index (χ2v) is 6.46. The maximum absolute atomic E-state index is 13.2. The number of hydrogen-bond acceptors (Lipinski definition) is 4. The molecule has 1 saturated heterocycles. The molecule has 0 unspecified atom stereocenters. The van der Waals surface area contributed by atoms with E-state index in [-0.39, 0.29) is 5.91 Å². The molecule has 0 aromatic heterocycles. The predicted molar refractivity (Wildman–Crippen MR) is 98.4 cm³/mol. The fraction of sp³-hybridized carbons (Fsp3) is 0.250. The van der Waals surface area contributed by atoms with E-state index >= 15 is 0 Å². The molecule has 2 aliphatic rings. The first-order valence-corrected chi connectivity index (χ1v) is 8.75. The van der Waals surface area contributed by atoms with Crippen molar-refractivity contribution in [2.24, 2.45) is 0 Å². The van der Waals surface area contributed by atoms with Gasteiger partial charge in [-0.3, -0.25) is 4.79 Å². The number of nitrogens with zero attached hydrogens (tertiary/aromatic N) is 1. The fourth-order valence-electron chi connectivity index (χ4n) is 3.39. The van der Waals surface area contributed by atoms with Gasteiger partial charge in [-0.25, -0.2) is 0 Å². The van der Waals surface area contributed by atoms with Crippen molar-refractivity contribution in [1.29, 1.82) is 0 Å². The van der Waals surface area contributed by atoms with Crippen LogP contribution in [0.1, 0.15) is 11.1 Å². The first kappa shape index (κ1) is 17.1. The van der Waals surface area contributed by atoms with Gasteiger partial charge < -0.3 is 19.1 Å². The second-order valence-electron chi connectivity index (χ2n) is 6.05. The average molecular weight is 372 g/mol. The van der Waals surface area contributed by atoms with E-state index in [1.807, 2.05) is 30.3 Å². The molecule has 0 bridgehead atoms. The summed E-state index contributed by atoms with van der Waals surface area (Å²) in [7, 11) is 0. The molecule has 1 spiro atoms. The summed E-state index contributed by atoms with van der Waals surface area (Å²) in [6.07, 6.45) is 1.68. The molecule has 0 atom stereocenters. The molecule has 5 nitrogen and oxygen atoms in total. The normalized spacial score (nSPS) is 17.6. The molecular weight excluding hydrogens is 354 g/mol. The van der Waals surface area contributed by atoms with Gasteiger partial charge in [-0.1, -0.05) is 54.6 Å². The van der Waals surface area contributed by atoms with Gasteiger partial charge in [0.05, 0.1) is 30.5 Å². The number of rotatable bonds is 5. The van der Waals surface area contributed by atoms with Gasteiger partial charge in [0.1, 0.15) is 12.4 Å². The Morgan fingerprint density at radius 2 is 1.96 bits per heavy atom. The third-order valence-corrected chi connectivity index (χ3v) is 4.79. The first-order chi connectivity index (χ1) is 12.7. The highest BCUT2D eigenvalue weighted by Gasteiger charge is 2.56. The van der Waals surface area contributed by atoms with Gasteiger partial charge in [0.25, 0.3) is 11.7 Å². The van der Waals surface area contributed by atoms with Crippen LogP contribution in [0.15, 0.2) is 55.1 Å². The van der Waals surface area contributed by atoms with Gasteiger partial charge in [-0.2, -0.15) is 0 Å². The number of amides is 1. The van der Waals surface area contributed by atoms with Crippen molar-refractivity contribution < 1.29 is 19.0 Å². The fourth-order valence-corrected chi connectivity index (χ4v) is 3.66. The largest absolute Gasteiger partial charge is 0.489 e. The van der Waals surface area contributed by atoms with Crippen LogP contribution in [0.5, 0.6) is 5.75 Å². The summed E-state index contributed by atoms with van der Waals surface area (Å²) >= 11 is 6.43. The van der Waals surface area contributed by atoms with Gasteiger partial charge >= 0.3 is 0 Å². The monoisotopic (exact) mass is 371 g/mol. The lowest BCUT2D eigenvalue weighted by atomic mass is 10.1. The lowest BCUT2D eigenvalue weighted by molar-refractivity contribution is -0.180. The Morgan fingerprint density at radius 3 is 2.73 bits per heavy atom. The van der Waals surface area contributed by atoms with Crippen LogP contribution in [-0.4, -0.2) is 25.7 Å². The molecule has 0 aliphatic carbocycles. The van der Waals surface area contributed by atoms with Crippen molar-refractivity contribution in [2.45, 2.75) is 12.3 Å². The number of hydrogen-bond donors (Lipinski definition) is 0. The number of ether oxygens (including phenoxy) is 3. The van der Waals surface area contributed by atoms with Crippen molar-refractivity contribution in [1.82, 2.24) is 0 Å². The molecule has 1 amide bonds. The Hall–Kier alpha value is -2.34. The van der Waals surface area contributed by atoms with Gasteiger partial charge in [0.15, 0.2) is 0 Å². The summed E-state index contributed by atoms with van der Waals surface area (Å²) < 4.78 is 17.2. The third kappa shape index (κ3) is 2.60. The average Bonchev–Trinajstić information content (AvgIpc) is 3.23. The van der Waals surface area contributed by atoms with Crippen LogP contribution in [0.25, 0.3) is 0 Å². The molecule has 0 radical (unpaired) electrons. The second kappa shape index (κ2) is 6.76. The van der Waals surface area contributed by atoms with E-state index in [1.165, 1.54) is 0 Å². The SMILES string of the molecule is C=CCOc1ccccc1CN1C(=O)C2(OCCO2)c2cccc(Cl)c21. The molecule has 4 rings (SSSR count). The summed E-state index contributed by atoms with van der Waals surface area (Å²) in [5, 5.41) is 0.483. The lowest BCUT2D eigenvalue weighted by Crippen LogP contribution is -2.41. The van der Waals surface area contributed by atoms with E-state index in [9.17, 15) is 4.79 Å². The summed E-state index contributed by atoms with van der Waals surface area (Å²) in [5.41, 5.74) is 2.14. The molecule has 2 aromatic rings. The zero-order valence-electron chi connectivity index (χ0n) is 14.1. The number of halogens is 1. The van der Waals surface area contributed by atoms with Crippen molar-refractivity contribution >= 4 is 23.2 Å². The highest BCUT2D eigenvalue weighted by molar-refractivity contribution is 6.35. The maximum atomic E-state index is 13.2.